The smallest absolute Gasteiger partial charge is 0.251 e. The standard InChI is InChI=1S/C14H19N3O2/c1-2-15-11-5-3-10(4-6-11)14(19)16-9-13(18)17-12-7-8-12/h3-6,12,15H,2,7-9H2,1H3,(H,16,19)(H,17,18). The van der Waals surface area contributed by atoms with E-state index in [1.165, 1.54) is 0 Å². The number of carbonyl (C=O) groups excluding carboxylic acids is 2. The zero-order chi connectivity index (χ0) is 13.7. The van der Waals surface area contributed by atoms with Crippen LogP contribution in [0.3, 0.4) is 0 Å². The molecule has 0 atom stereocenters. The highest BCUT2D eigenvalue weighted by atomic mass is 16.2. The number of hydrogen-bond acceptors (Lipinski definition) is 3. The summed E-state index contributed by atoms with van der Waals surface area (Å²) in [5.74, 6) is -0.353. The maximum Gasteiger partial charge on any atom is 0.251 e. The first-order valence-corrected chi connectivity index (χ1v) is 6.60. The Morgan fingerprint density at radius 3 is 2.47 bits per heavy atom. The number of hydrogen-bond donors (Lipinski definition) is 3. The lowest BCUT2D eigenvalue weighted by atomic mass is 10.2. The van der Waals surface area contributed by atoms with Crippen molar-refractivity contribution in [3.05, 3.63) is 29.8 Å². The van der Waals surface area contributed by atoms with E-state index in [0.717, 1.165) is 25.1 Å². The molecule has 0 saturated heterocycles. The minimum absolute atomic E-state index is 0.0320. The van der Waals surface area contributed by atoms with E-state index in [2.05, 4.69) is 16.0 Å². The third-order valence-corrected chi connectivity index (χ3v) is 2.88. The molecule has 2 rings (SSSR count). The largest absolute Gasteiger partial charge is 0.385 e. The average Bonchev–Trinajstić information content (AvgIpc) is 3.21. The molecular weight excluding hydrogens is 242 g/mol. The Morgan fingerprint density at radius 1 is 1.21 bits per heavy atom. The van der Waals surface area contributed by atoms with Crippen LogP contribution >= 0.6 is 0 Å². The second-order valence-electron chi connectivity index (χ2n) is 4.63. The Morgan fingerprint density at radius 2 is 1.89 bits per heavy atom. The minimum atomic E-state index is -0.228. The molecule has 1 aliphatic rings. The first-order valence-electron chi connectivity index (χ1n) is 6.60. The van der Waals surface area contributed by atoms with Gasteiger partial charge in [0.05, 0.1) is 6.54 Å². The van der Waals surface area contributed by atoms with Crippen LogP contribution in [0.4, 0.5) is 5.69 Å². The quantitative estimate of drug-likeness (QED) is 0.719. The molecule has 0 spiro atoms. The van der Waals surface area contributed by atoms with Gasteiger partial charge in [0.2, 0.25) is 5.91 Å². The van der Waals surface area contributed by atoms with E-state index < -0.39 is 0 Å². The van der Waals surface area contributed by atoms with E-state index in [1.807, 2.05) is 19.1 Å². The third kappa shape index (κ3) is 4.28. The van der Waals surface area contributed by atoms with Gasteiger partial charge in [-0.3, -0.25) is 9.59 Å². The zero-order valence-electron chi connectivity index (χ0n) is 11.0. The lowest BCUT2D eigenvalue weighted by Crippen LogP contribution is -2.37. The van der Waals surface area contributed by atoms with Gasteiger partial charge in [-0.05, 0) is 44.0 Å². The summed E-state index contributed by atoms with van der Waals surface area (Å²) >= 11 is 0. The molecule has 1 aliphatic carbocycles. The van der Waals surface area contributed by atoms with E-state index in [9.17, 15) is 9.59 Å². The van der Waals surface area contributed by atoms with Crippen LogP contribution in [0.15, 0.2) is 24.3 Å². The monoisotopic (exact) mass is 261 g/mol. The van der Waals surface area contributed by atoms with Gasteiger partial charge in [0.15, 0.2) is 0 Å². The molecule has 102 valence electrons. The van der Waals surface area contributed by atoms with E-state index in [4.69, 9.17) is 0 Å². The molecule has 1 saturated carbocycles. The van der Waals surface area contributed by atoms with Crippen molar-refractivity contribution in [2.75, 3.05) is 18.4 Å². The van der Waals surface area contributed by atoms with Crippen LogP contribution in [0.25, 0.3) is 0 Å². The second kappa shape index (κ2) is 6.22. The SMILES string of the molecule is CCNc1ccc(C(=O)NCC(=O)NC2CC2)cc1. The molecule has 0 aromatic heterocycles. The van der Waals surface area contributed by atoms with Crippen LogP contribution < -0.4 is 16.0 Å². The van der Waals surface area contributed by atoms with Crippen LogP contribution in [0.1, 0.15) is 30.1 Å². The molecule has 1 aromatic rings. The van der Waals surface area contributed by atoms with Gasteiger partial charge in [-0.25, -0.2) is 0 Å². The van der Waals surface area contributed by atoms with Gasteiger partial charge in [0.25, 0.3) is 5.91 Å². The van der Waals surface area contributed by atoms with Crippen LogP contribution in [0, 0.1) is 0 Å². The Hall–Kier alpha value is -2.04. The van der Waals surface area contributed by atoms with Crippen molar-refractivity contribution < 1.29 is 9.59 Å². The van der Waals surface area contributed by atoms with Crippen molar-refractivity contribution in [1.29, 1.82) is 0 Å². The fourth-order valence-electron chi connectivity index (χ4n) is 1.71. The maximum atomic E-state index is 11.8. The summed E-state index contributed by atoms with van der Waals surface area (Å²) in [6.07, 6.45) is 2.09. The van der Waals surface area contributed by atoms with E-state index >= 15 is 0 Å². The Labute approximate surface area is 112 Å². The average molecular weight is 261 g/mol. The first kappa shape index (κ1) is 13.4. The second-order valence-corrected chi connectivity index (χ2v) is 4.63. The van der Waals surface area contributed by atoms with Crippen LogP contribution in [-0.4, -0.2) is 30.9 Å². The topological polar surface area (TPSA) is 70.2 Å². The molecule has 0 unspecified atom stereocenters. The van der Waals surface area contributed by atoms with E-state index in [-0.39, 0.29) is 18.4 Å². The number of nitrogens with one attached hydrogen (secondary N) is 3. The van der Waals surface area contributed by atoms with Gasteiger partial charge < -0.3 is 16.0 Å². The predicted molar refractivity (Wildman–Crippen MR) is 74.1 cm³/mol. The molecule has 3 N–H and O–H groups in total. The summed E-state index contributed by atoms with van der Waals surface area (Å²) in [4.78, 5) is 23.2. The van der Waals surface area contributed by atoms with Crippen molar-refractivity contribution in [2.45, 2.75) is 25.8 Å². The first-order chi connectivity index (χ1) is 9.19. The molecule has 1 aromatic carbocycles. The predicted octanol–water partition coefficient (Wildman–Crippen LogP) is 1.13. The molecule has 0 bridgehead atoms. The number of anilines is 1. The van der Waals surface area contributed by atoms with Gasteiger partial charge in [-0.15, -0.1) is 0 Å². The van der Waals surface area contributed by atoms with E-state index in [0.29, 0.717) is 11.6 Å². The number of benzene rings is 1. The Balaban J connectivity index is 1.79. The Bertz CT molecular complexity index is 452. The molecule has 5 nitrogen and oxygen atoms in total. The molecule has 19 heavy (non-hydrogen) atoms. The summed E-state index contributed by atoms with van der Waals surface area (Å²) in [5.41, 5.74) is 1.53. The lowest BCUT2D eigenvalue weighted by molar-refractivity contribution is -0.120. The fraction of sp³-hybridized carbons (Fsp3) is 0.429. The van der Waals surface area contributed by atoms with Gasteiger partial charge in [-0.2, -0.15) is 0 Å². The summed E-state index contributed by atoms with van der Waals surface area (Å²) in [5, 5.41) is 8.59. The van der Waals surface area contributed by atoms with E-state index in [1.54, 1.807) is 12.1 Å². The highest BCUT2D eigenvalue weighted by molar-refractivity contribution is 5.96. The normalized spacial score (nSPS) is 13.7. The van der Waals surface area contributed by atoms with Crippen LogP contribution in [0.2, 0.25) is 0 Å². The summed E-state index contributed by atoms with van der Waals surface area (Å²) in [7, 11) is 0. The maximum absolute atomic E-state index is 11.8. The molecule has 2 amide bonds. The molecular formula is C14H19N3O2. The summed E-state index contributed by atoms with van der Waals surface area (Å²) < 4.78 is 0. The molecule has 0 aliphatic heterocycles. The van der Waals surface area contributed by atoms with Crippen LogP contribution in [0.5, 0.6) is 0 Å². The summed E-state index contributed by atoms with van der Waals surface area (Å²) in [6.45, 7) is 2.89. The highest BCUT2D eigenvalue weighted by Gasteiger charge is 2.23. The minimum Gasteiger partial charge on any atom is -0.385 e. The molecule has 0 heterocycles. The molecule has 1 fully saturated rings. The molecule has 5 heteroatoms. The lowest BCUT2D eigenvalue weighted by Gasteiger charge is -2.07. The highest BCUT2D eigenvalue weighted by Crippen LogP contribution is 2.18. The van der Waals surface area contributed by atoms with Crippen molar-refractivity contribution >= 4 is 17.5 Å². The van der Waals surface area contributed by atoms with Gasteiger partial charge >= 0.3 is 0 Å². The number of rotatable bonds is 6. The third-order valence-electron chi connectivity index (χ3n) is 2.88. The van der Waals surface area contributed by atoms with Crippen molar-refractivity contribution in [3.8, 4) is 0 Å². The van der Waals surface area contributed by atoms with Crippen LogP contribution in [-0.2, 0) is 4.79 Å². The summed E-state index contributed by atoms with van der Waals surface area (Å²) in [6, 6.07) is 7.51. The van der Waals surface area contributed by atoms with Crippen molar-refractivity contribution in [3.63, 3.8) is 0 Å². The van der Waals surface area contributed by atoms with Gasteiger partial charge in [-0.1, -0.05) is 0 Å². The zero-order valence-corrected chi connectivity index (χ0v) is 11.0. The fourth-order valence-corrected chi connectivity index (χ4v) is 1.71. The van der Waals surface area contributed by atoms with Gasteiger partial charge in [0.1, 0.15) is 0 Å². The molecule has 0 radical (unpaired) electrons. The Kier molecular flexibility index (Phi) is 4.39. The van der Waals surface area contributed by atoms with Crippen molar-refractivity contribution in [2.24, 2.45) is 0 Å². The number of amides is 2. The van der Waals surface area contributed by atoms with Gasteiger partial charge in [0, 0.05) is 23.8 Å². The van der Waals surface area contributed by atoms with Crippen molar-refractivity contribution in [1.82, 2.24) is 10.6 Å². The number of carbonyl (C=O) groups is 2.